The number of amides is 2. The first-order valence-electron chi connectivity index (χ1n) is 11.6. The van der Waals surface area contributed by atoms with Crippen molar-refractivity contribution >= 4 is 18.0 Å². The standard InChI is InChI=1S/C27H30N2O5/c1-27(2,25(31)32)16-28-24(30)17-8-7-9-18(14-17)29-26(33)34-15-23-21-12-5-3-10-19(21)20-11-4-6-13-22(20)23/h3-7,9-13,17-18,23H,8,14-16H2,1-2H3,(H,28,30)(H,29,33)(H,31,32)/t17-,18-/m1/s1. The van der Waals surface area contributed by atoms with Crippen LogP contribution in [-0.2, 0) is 14.3 Å². The van der Waals surface area contributed by atoms with Crippen LogP contribution in [-0.4, -0.2) is 42.3 Å². The third kappa shape index (κ3) is 4.98. The number of aliphatic carboxylic acids is 1. The molecule has 2 aromatic rings. The number of allylic oxidation sites excluding steroid dienone is 1. The largest absolute Gasteiger partial charge is 0.481 e. The van der Waals surface area contributed by atoms with Crippen LogP contribution in [0.15, 0.2) is 60.7 Å². The molecule has 0 saturated heterocycles. The van der Waals surface area contributed by atoms with Gasteiger partial charge in [0, 0.05) is 18.4 Å². The Morgan fingerprint density at radius 2 is 1.65 bits per heavy atom. The summed E-state index contributed by atoms with van der Waals surface area (Å²) in [7, 11) is 0. The van der Waals surface area contributed by atoms with E-state index in [-0.39, 0.29) is 36.9 Å². The van der Waals surface area contributed by atoms with Crippen LogP contribution in [0.1, 0.15) is 43.7 Å². The molecular weight excluding hydrogens is 432 g/mol. The zero-order valence-electron chi connectivity index (χ0n) is 19.4. The maximum absolute atomic E-state index is 12.6. The Kier molecular flexibility index (Phi) is 6.72. The van der Waals surface area contributed by atoms with E-state index >= 15 is 0 Å². The van der Waals surface area contributed by atoms with Crippen molar-refractivity contribution in [2.75, 3.05) is 13.2 Å². The number of rotatable bonds is 7. The van der Waals surface area contributed by atoms with Crippen molar-refractivity contribution in [3.05, 3.63) is 71.8 Å². The molecule has 0 aromatic heterocycles. The summed E-state index contributed by atoms with van der Waals surface area (Å²) in [6.45, 7) is 3.41. The molecule has 2 aliphatic carbocycles. The molecule has 34 heavy (non-hydrogen) atoms. The van der Waals surface area contributed by atoms with Gasteiger partial charge < -0.3 is 20.5 Å². The molecule has 7 heteroatoms. The summed E-state index contributed by atoms with van der Waals surface area (Å²) >= 11 is 0. The van der Waals surface area contributed by atoms with Gasteiger partial charge in [0.1, 0.15) is 6.61 Å². The molecule has 0 unspecified atom stereocenters. The van der Waals surface area contributed by atoms with Crippen molar-refractivity contribution in [2.24, 2.45) is 11.3 Å². The van der Waals surface area contributed by atoms with Crippen molar-refractivity contribution in [1.82, 2.24) is 10.6 Å². The third-order valence-electron chi connectivity index (χ3n) is 6.63. The van der Waals surface area contributed by atoms with Crippen molar-refractivity contribution in [2.45, 2.75) is 38.6 Å². The number of carboxylic acid groups (broad SMARTS) is 1. The van der Waals surface area contributed by atoms with Crippen LogP contribution in [0.3, 0.4) is 0 Å². The zero-order chi connectivity index (χ0) is 24.3. The van der Waals surface area contributed by atoms with Crippen LogP contribution < -0.4 is 10.6 Å². The Morgan fingerprint density at radius 3 is 2.26 bits per heavy atom. The van der Waals surface area contributed by atoms with Crippen LogP contribution in [0.25, 0.3) is 11.1 Å². The molecule has 178 valence electrons. The number of hydrogen-bond acceptors (Lipinski definition) is 4. The Balaban J connectivity index is 1.31. The molecule has 0 fully saturated rings. The molecule has 0 aliphatic heterocycles. The highest BCUT2D eigenvalue weighted by Crippen LogP contribution is 2.44. The predicted molar refractivity (Wildman–Crippen MR) is 128 cm³/mol. The van der Waals surface area contributed by atoms with Gasteiger partial charge in [0.25, 0.3) is 0 Å². The van der Waals surface area contributed by atoms with Crippen LogP contribution in [0.2, 0.25) is 0 Å². The zero-order valence-corrected chi connectivity index (χ0v) is 19.4. The summed E-state index contributed by atoms with van der Waals surface area (Å²) in [6.07, 6.45) is 4.18. The minimum atomic E-state index is -1.04. The van der Waals surface area contributed by atoms with E-state index in [9.17, 15) is 19.5 Å². The second kappa shape index (κ2) is 9.71. The Labute approximate surface area is 199 Å². The van der Waals surface area contributed by atoms with E-state index in [0.717, 1.165) is 11.1 Å². The van der Waals surface area contributed by atoms with Gasteiger partial charge >= 0.3 is 12.1 Å². The lowest BCUT2D eigenvalue weighted by Crippen LogP contribution is -2.44. The minimum absolute atomic E-state index is 0.0174. The lowest BCUT2D eigenvalue weighted by molar-refractivity contribution is -0.146. The summed E-state index contributed by atoms with van der Waals surface area (Å²) in [4.78, 5) is 36.4. The summed E-state index contributed by atoms with van der Waals surface area (Å²) in [5.41, 5.74) is 3.59. The highest BCUT2D eigenvalue weighted by molar-refractivity contribution is 5.81. The molecule has 0 radical (unpaired) electrons. The Hall–Kier alpha value is -3.61. The van der Waals surface area contributed by atoms with Gasteiger partial charge in [-0.1, -0.05) is 60.7 Å². The third-order valence-corrected chi connectivity index (χ3v) is 6.63. The Bertz CT molecular complexity index is 1080. The quantitative estimate of drug-likeness (QED) is 0.538. The Morgan fingerprint density at radius 1 is 1.03 bits per heavy atom. The van der Waals surface area contributed by atoms with Gasteiger partial charge in [0.2, 0.25) is 5.91 Å². The van der Waals surface area contributed by atoms with Crippen LogP contribution in [0, 0.1) is 11.3 Å². The van der Waals surface area contributed by atoms with Crippen molar-refractivity contribution in [3.8, 4) is 11.1 Å². The fraction of sp³-hybridized carbons (Fsp3) is 0.370. The van der Waals surface area contributed by atoms with Gasteiger partial charge in [0.05, 0.1) is 11.5 Å². The lowest BCUT2D eigenvalue weighted by atomic mass is 9.89. The second-order valence-electron chi connectivity index (χ2n) is 9.58. The highest BCUT2D eigenvalue weighted by Gasteiger charge is 2.32. The highest BCUT2D eigenvalue weighted by atomic mass is 16.5. The molecule has 0 heterocycles. The fourth-order valence-electron chi connectivity index (χ4n) is 4.53. The molecule has 2 atom stereocenters. The molecule has 2 amide bonds. The van der Waals surface area contributed by atoms with E-state index in [2.05, 4.69) is 34.9 Å². The van der Waals surface area contributed by atoms with E-state index in [1.54, 1.807) is 13.8 Å². The number of nitrogens with one attached hydrogen (secondary N) is 2. The molecule has 2 aliphatic rings. The number of carboxylic acids is 1. The van der Waals surface area contributed by atoms with E-state index in [4.69, 9.17) is 4.74 Å². The van der Waals surface area contributed by atoms with Gasteiger partial charge in [0.15, 0.2) is 0 Å². The number of hydrogen-bond donors (Lipinski definition) is 3. The number of fused-ring (bicyclic) bond motifs is 3. The number of carbonyl (C=O) groups is 3. The molecular formula is C27H30N2O5. The van der Waals surface area contributed by atoms with Crippen LogP contribution in [0.4, 0.5) is 4.79 Å². The molecule has 7 nitrogen and oxygen atoms in total. The van der Waals surface area contributed by atoms with Gasteiger partial charge in [-0.3, -0.25) is 9.59 Å². The predicted octanol–water partition coefficient (Wildman–Crippen LogP) is 4.09. The smallest absolute Gasteiger partial charge is 0.407 e. The van der Waals surface area contributed by atoms with Gasteiger partial charge in [-0.2, -0.15) is 0 Å². The fourth-order valence-corrected chi connectivity index (χ4v) is 4.53. The monoisotopic (exact) mass is 462 g/mol. The maximum Gasteiger partial charge on any atom is 0.407 e. The average molecular weight is 463 g/mol. The molecule has 0 saturated carbocycles. The lowest BCUT2D eigenvalue weighted by Gasteiger charge is -2.26. The first-order valence-corrected chi connectivity index (χ1v) is 11.6. The van der Waals surface area contributed by atoms with Gasteiger partial charge in [-0.05, 0) is 48.9 Å². The average Bonchev–Trinajstić information content (AvgIpc) is 3.15. The van der Waals surface area contributed by atoms with Crippen molar-refractivity contribution in [1.29, 1.82) is 0 Å². The topological polar surface area (TPSA) is 105 Å². The van der Waals surface area contributed by atoms with E-state index in [1.807, 2.05) is 36.4 Å². The molecule has 0 bridgehead atoms. The van der Waals surface area contributed by atoms with Crippen molar-refractivity contribution in [3.63, 3.8) is 0 Å². The van der Waals surface area contributed by atoms with E-state index in [1.165, 1.54) is 11.1 Å². The van der Waals surface area contributed by atoms with Crippen LogP contribution >= 0.6 is 0 Å². The maximum atomic E-state index is 12.6. The summed E-state index contributed by atoms with van der Waals surface area (Å²) < 4.78 is 5.61. The SMILES string of the molecule is CC(C)(CNC(=O)[C@@H]1CC=C[C@@H](NC(=O)OCC2c3ccccc3-c3ccccc32)C1)C(=O)O. The molecule has 0 spiro atoms. The molecule has 2 aromatic carbocycles. The summed E-state index contributed by atoms with van der Waals surface area (Å²) in [5, 5.41) is 14.8. The van der Waals surface area contributed by atoms with E-state index < -0.39 is 17.5 Å². The minimum Gasteiger partial charge on any atom is -0.481 e. The van der Waals surface area contributed by atoms with Crippen molar-refractivity contribution < 1.29 is 24.2 Å². The first kappa shape index (κ1) is 23.5. The summed E-state index contributed by atoms with van der Waals surface area (Å²) in [6, 6.07) is 16.0. The number of benzene rings is 2. The number of carbonyl (C=O) groups excluding carboxylic acids is 2. The molecule has 3 N–H and O–H groups in total. The summed E-state index contributed by atoms with van der Waals surface area (Å²) in [5.74, 6) is -1.53. The van der Waals surface area contributed by atoms with Gasteiger partial charge in [-0.25, -0.2) is 4.79 Å². The first-order chi connectivity index (χ1) is 16.3. The van der Waals surface area contributed by atoms with Crippen LogP contribution in [0.5, 0.6) is 0 Å². The normalized spacial score (nSPS) is 19.1. The second-order valence-corrected chi connectivity index (χ2v) is 9.58. The number of alkyl carbamates (subject to hydrolysis) is 1. The van der Waals surface area contributed by atoms with Gasteiger partial charge in [-0.15, -0.1) is 0 Å². The van der Waals surface area contributed by atoms with E-state index in [0.29, 0.717) is 12.8 Å². The molecule has 4 rings (SSSR count). The number of ether oxygens (including phenoxy) is 1.